The Balaban J connectivity index is 2.95. The molecule has 0 saturated heterocycles. The van der Waals surface area contributed by atoms with Gasteiger partial charge in [-0.25, -0.2) is 5.06 Å². The molecule has 0 radical (unpaired) electrons. The minimum atomic E-state index is -0.132. The molecule has 0 fully saturated rings. The molecular formula is C9H10INO2. The molecule has 0 heterocycles. The van der Waals surface area contributed by atoms with Crippen LogP contribution in [0.1, 0.15) is 10.4 Å². The van der Waals surface area contributed by atoms with Crippen LogP contribution >= 0.6 is 22.6 Å². The van der Waals surface area contributed by atoms with Crippen molar-refractivity contribution in [1.29, 1.82) is 0 Å². The van der Waals surface area contributed by atoms with Crippen LogP contribution in [0.25, 0.3) is 0 Å². The van der Waals surface area contributed by atoms with Crippen LogP contribution < -0.4 is 0 Å². The Labute approximate surface area is 90.8 Å². The molecule has 0 unspecified atom stereocenters. The van der Waals surface area contributed by atoms with E-state index in [1.165, 1.54) is 12.2 Å². The van der Waals surface area contributed by atoms with Crippen molar-refractivity contribution in [2.45, 2.75) is 0 Å². The van der Waals surface area contributed by atoms with Gasteiger partial charge in [-0.05, 0) is 34.7 Å². The lowest BCUT2D eigenvalue weighted by molar-refractivity contribution is -0.0757. The van der Waals surface area contributed by atoms with Crippen molar-refractivity contribution in [3.63, 3.8) is 0 Å². The SMILES string of the molecule is CON(C)C(=O)c1ccccc1I. The minimum absolute atomic E-state index is 0.132. The largest absolute Gasteiger partial charge is 0.278 e. The first-order valence-electron chi connectivity index (χ1n) is 3.73. The van der Waals surface area contributed by atoms with Crippen molar-refractivity contribution in [2.24, 2.45) is 0 Å². The van der Waals surface area contributed by atoms with Gasteiger partial charge in [-0.15, -0.1) is 0 Å². The summed E-state index contributed by atoms with van der Waals surface area (Å²) in [6, 6.07) is 7.39. The second-order valence-electron chi connectivity index (χ2n) is 2.47. The number of nitrogens with zero attached hydrogens (tertiary/aromatic N) is 1. The number of amides is 1. The highest BCUT2D eigenvalue weighted by atomic mass is 127. The first kappa shape index (κ1) is 10.5. The molecule has 0 aliphatic rings. The van der Waals surface area contributed by atoms with Crippen LogP contribution in [0.3, 0.4) is 0 Å². The van der Waals surface area contributed by atoms with E-state index in [0.717, 1.165) is 3.57 Å². The monoisotopic (exact) mass is 291 g/mol. The van der Waals surface area contributed by atoms with Crippen LogP contribution in [-0.2, 0) is 4.84 Å². The Morgan fingerprint density at radius 3 is 2.62 bits per heavy atom. The van der Waals surface area contributed by atoms with Crippen molar-refractivity contribution in [2.75, 3.05) is 14.2 Å². The van der Waals surface area contributed by atoms with Gasteiger partial charge in [0.1, 0.15) is 0 Å². The van der Waals surface area contributed by atoms with Gasteiger partial charge < -0.3 is 0 Å². The fourth-order valence-electron chi connectivity index (χ4n) is 0.887. The van der Waals surface area contributed by atoms with E-state index in [0.29, 0.717) is 5.56 Å². The summed E-state index contributed by atoms with van der Waals surface area (Å²) < 4.78 is 0.925. The third-order valence-electron chi connectivity index (χ3n) is 1.66. The smallest absolute Gasteiger partial charge is 0.274 e. The van der Waals surface area contributed by atoms with Crippen LogP contribution in [0.5, 0.6) is 0 Å². The predicted molar refractivity (Wildman–Crippen MR) is 58.3 cm³/mol. The molecule has 70 valence electrons. The zero-order valence-corrected chi connectivity index (χ0v) is 9.61. The highest BCUT2D eigenvalue weighted by molar-refractivity contribution is 14.1. The van der Waals surface area contributed by atoms with E-state index in [1.54, 1.807) is 13.1 Å². The number of rotatable bonds is 2. The molecule has 0 aromatic heterocycles. The lowest BCUT2D eigenvalue weighted by atomic mass is 10.2. The molecule has 4 heteroatoms. The summed E-state index contributed by atoms with van der Waals surface area (Å²) in [5, 5.41) is 1.21. The van der Waals surface area contributed by atoms with E-state index < -0.39 is 0 Å². The zero-order chi connectivity index (χ0) is 9.84. The fraction of sp³-hybridized carbons (Fsp3) is 0.222. The van der Waals surface area contributed by atoms with Crippen LogP contribution in [-0.4, -0.2) is 25.1 Å². The number of hydroxylamine groups is 2. The van der Waals surface area contributed by atoms with Crippen LogP contribution in [0.4, 0.5) is 0 Å². The number of halogens is 1. The van der Waals surface area contributed by atoms with Crippen LogP contribution in [0.2, 0.25) is 0 Å². The average Bonchev–Trinajstić information content (AvgIpc) is 2.16. The zero-order valence-electron chi connectivity index (χ0n) is 7.45. The van der Waals surface area contributed by atoms with E-state index in [-0.39, 0.29) is 5.91 Å². The lowest BCUT2D eigenvalue weighted by Gasteiger charge is -2.14. The molecule has 0 saturated carbocycles. The summed E-state index contributed by atoms with van der Waals surface area (Å²) >= 11 is 2.12. The molecule has 0 aliphatic carbocycles. The maximum atomic E-state index is 11.6. The number of carbonyl (C=O) groups is 1. The van der Waals surface area contributed by atoms with E-state index in [2.05, 4.69) is 22.6 Å². The highest BCUT2D eigenvalue weighted by Gasteiger charge is 2.13. The first-order chi connectivity index (χ1) is 6.16. The van der Waals surface area contributed by atoms with Gasteiger partial charge in [0.2, 0.25) is 0 Å². The van der Waals surface area contributed by atoms with Crippen molar-refractivity contribution >= 4 is 28.5 Å². The third kappa shape index (κ3) is 2.41. The Morgan fingerprint density at radius 2 is 2.08 bits per heavy atom. The van der Waals surface area contributed by atoms with E-state index in [4.69, 9.17) is 4.84 Å². The van der Waals surface area contributed by atoms with Gasteiger partial charge in [0.25, 0.3) is 5.91 Å². The van der Waals surface area contributed by atoms with Gasteiger partial charge in [-0.2, -0.15) is 0 Å². The maximum absolute atomic E-state index is 11.6. The quantitative estimate of drug-likeness (QED) is 0.615. The average molecular weight is 291 g/mol. The van der Waals surface area contributed by atoms with Crippen LogP contribution in [0, 0.1) is 3.57 Å². The lowest BCUT2D eigenvalue weighted by Crippen LogP contribution is -2.26. The van der Waals surface area contributed by atoms with Crippen LogP contribution in [0.15, 0.2) is 24.3 Å². The summed E-state index contributed by atoms with van der Waals surface area (Å²) in [6.07, 6.45) is 0. The number of hydrogen-bond acceptors (Lipinski definition) is 2. The molecule has 13 heavy (non-hydrogen) atoms. The van der Waals surface area contributed by atoms with Crippen molar-refractivity contribution in [3.05, 3.63) is 33.4 Å². The Bertz CT molecular complexity index is 314. The van der Waals surface area contributed by atoms with Gasteiger partial charge in [0, 0.05) is 10.6 Å². The summed E-state index contributed by atoms with van der Waals surface area (Å²) in [6.45, 7) is 0. The number of benzene rings is 1. The molecule has 0 spiro atoms. The van der Waals surface area contributed by atoms with Gasteiger partial charge in [-0.3, -0.25) is 9.63 Å². The van der Waals surface area contributed by atoms with Crippen molar-refractivity contribution in [3.8, 4) is 0 Å². The highest BCUT2D eigenvalue weighted by Crippen LogP contribution is 2.13. The molecule has 0 atom stereocenters. The second kappa shape index (κ2) is 4.57. The first-order valence-corrected chi connectivity index (χ1v) is 4.81. The van der Waals surface area contributed by atoms with Gasteiger partial charge in [-0.1, -0.05) is 12.1 Å². The molecule has 0 bridgehead atoms. The molecule has 0 N–H and O–H groups in total. The Kier molecular flexibility index (Phi) is 3.68. The van der Waals surface area contributed by atoms with Gasteiger partial charge >= 0.3 is 0 Å². The molecule has 1 aromatic carbocycles. The summed E-state index contributed by atoms with van der Waals surface area (Å²) in [5.41, 5.74) is 0.660. The Hall–Kier alpha value is -0.620. The minimum Gasteiger partial charge on any atom is -0.274 e. The van der Waals surface area contributed by atoms with E-state index in [1.807, 2.05) is 18.2 Å². The Morgan fingerprint density at radius 1 is 1.46 bits per heavy atom. The summed E-state index contributed by atoms with van der Waals surface area (Å²) in [4.78, 5) is 16.4. The standard InChI is InChI=1S/C9H10INO2/c1-11(13-2)9(12)7-5-3-4-6-8(7)10/h3-6H,1-2H3. The van der Waals surface area contributed by atoms with Gasteiger partial charge in [0.15, 0.2) is 0 Å². The molecule has 3 nitrogen and oxygen atoms in total. The number of carbonyl (C=O) groups excluding carboxylic acids is 1. The topological polar surface area (TPSA) is 29.5 Å². The van der Waals surface area contributed by atoms with Crippen molar-refractivity contribution < 1.29 is 9.63 Å². The third-order valence-corrected chi connectivity index (χ3v) is 2.60. The second-order valence-corrected chi connectivity index (χ2v) is 3.63. The fourth-order valence-corrected chi connectivity index (χ4v) is 1.51. The van der Waals surface area contributed by atoms with E-state index in [9.17, 15) is 4.79 Å². The van der Waals surface area contributed by atoms with E-state index >= 15 is 0 Å². The molecule has 1 aromatic rings. The van der Waals surface area contributed by atoms with Crippen molar-refractivity contribution in [1.82, 2.24) is 5.06 Å². The summed E-state index contributed by atoms with van der Waals surface area (Å²) in [5.74, 6) is -0.132. The molecular weight excluding hydrogens is 281 g/mol. The normalized spacial score (nSPS) is 9.77. The number of hydrogen-bond donors (Lipinski definition) is 0. The maximum Gasteiger partial charge on any atom is 0.278 e. The molecule has 1 rings (SSSR count). The van der Waals surface area contributed by atoms with Gasteiger partial charge in [0.05, 0.1) is 12.7 Å². The molecule has 0 aliphatic heterocycles. The predicted octanol–water partition coefficient (Wildman–Crippen LogP) is 1.92. The molecule has 1 amide bonds. The summed E-state index contributed by atoms with van der Waals surface area (Å²) in [7, 11) is 3.05.